The highest BCUT2D eigenvalue weighted by Crippen LogP contribution is 2.25. The molecule has 0 spiro atoms. The zero-order valence-corrected chi connectivity index (χ0v) is 11.2. The number of hydrogen-bond donors (Lipinski definition) is 0. The Morgan fingerprint density at radius 1 is 1.14 bits per heavy atom. The van der Waals surface area contributed by atoms with Crippen LogP contribution in [0.1, 0.15) is 33.0 Å². The number of halogens is 1. The number of rotatable bonds is 3. The van der Waals surface area contributed by atoms with E-state index in [2.05, 4.69) is 0 Å². The summed E-state index contributed by atoms with van der Waals surface area (Å²) in [7, 11) is 0. The first-order chi connectivity index (χ1) is 10.2. The molecule has 0 saturated carbocycles. The van der Waals surface area contributed by atoms with Gasteiger partial charge in [0.05, 0.1) is 19.3 Å². The van der Waals surface area contributed by atoms with Gasteiger partial charge >= 0.3 is 0 Å². The molecule has 0 aromatic heterocycles. The van der Waals surface area contributed by atoms with E-state index < -0.39 is 11.7 Å². The molecule has 0 N–H and O–H groups in total. The highest BCUT2D eigenvalue weighted by Gasteiger charge is 2.23. The lowest BCUT2D eigenvalue weighted by Crippen LogP contribution is -2.11. The van der Waals surface area contributed by atoms with E-state index in [1.165, 1.54) is 24.3 Å². The van der Waals surface area contributed by atoms with Gasteiger partial charge in [0.25, 0.3) is 0 Å². The van der Waals surface area contributed by atoms with Gasteiger partial charge < -0.3 is 4.74 Å². The van der Waals surface area contributed by atoms with E-state index in [1.807, 2.05) is 12.1 Å². The predicted octanol–water partition coefficient (Wildman–Crippen LogP) is 3.35. The molecule has 3 nitrogen and oxygen atoms in total. The summed E-state index contributed by atoms with van der Waals surface area (Å²) in [5, 5.41) is 9.28. The van der Waals surface area contributed by atoms with Crippen molar-refractivity contribution in [2.75, 3.05) is 0 Å². The number of carbonyl (C=O) groups is 1. The molecule has 1 aliphatic rings. The van der Waals surface area contributed by atoms with Gasteiger partial charge in [-0.3, -0.25) is 4.79 Å². The molecule has 104 valence electrons. The zero-order valence-electron chi connectivity index (χ0n) is 11.2. The molecular formula is C17H12FNO2. The van der Waals surface area contributed by atoms with Crippen LogP contribution in [0.5, 0.6) is 0 Å². The molecule has 21 heavy (non-hydrogen) atoms. The van der Waals surface area contributed by atoms with Crippen LogP contribution in [0.2, 0.25) is 0 Å². The topological polar surface area (TPSA) is 50.1 Å². The van der Waals surface area contributed by atoms with Gasteiger partial charge in [0.1, 0.15) is 11.7 Å². The van der Waals surface area contributed by atoms with Gasteiger partial charge in [-0.2, -0.15) is 5.26 Å². The summed E-state index contributed by atoms with van der Waals surface area (Å²) in [6.45, 7) is 1.05. The number of carbonyl (C=O) groups excluding carboxylic acids is 1. The Kier molecular flexibility index (Phi) is 3.51. The second-order valence-corrected chi connectivity index (χ2v) is 4.95. The van der Waals surface area contributed by atoms with Crippen LogP contribution in [-0.2, 0) is 18.0 Å². The minimum atomic E-state index is -0.925. The summed E-state index contributed by atoms with van der Waals surface area (Å²) in [5.41, 5.74) is 3.04. The van der Waals surface area contributed by atoms with Crippen LogP contribution in [0.3, 0.4) is 0 Å². The first kappa shape index (κ1) is 13.5. The fraction of sp³-hybridized carbons (Fsp3) is 0.176. The monoisotopic (exact) mass is 281 g/mol. The number of ketones is 1. The van der Waals surface area contributed by atoms with Gasteiger partial charge in [0.2, 0.25) is 0 Å². The van der Waals surface area contributed by atoms with Crippen molar-refractivity contribution in [2.24, 2.45) is 0 Å². The van der Waals surface area contributed by atoms with Crippen LogP contribution >= 0.6 is 0 Å². The Bertz CT molecular complexity index is 731. The summed E-state index contributed by atoms with van der Waals surface area (Å²) in [5.74, 6) is -1.60. The molecule has 4 heteroatoms. The normalized spacial score (nSPS) is 14.3. The molecular weight excluding hydrogens is 269 g/mol. The van der Waals surface area contributed by atoms with Crippen LogP contribution in [0.25, 0.3) is 0 Å². The third-order valence-corrected chi connectivity index (χ3v) is 3.60. The molecule has 1 aliphatic heterocycles. The smallest absolute Gasteiger partial charge is 0.184 e. The van der Waals surface area contributed by atoms with E-state index in [0.29, 0.717) is 24.3 Å². The molecule has 0 fully saturated rings. The lowest BCUT2D eigenvalue weighted by atomic mass is 9.90. The van der Waals surface area contributed by atoms with E-state index in [1.54, 1.807) is 12.1 Å². The quantitative estimate of drug-likeness (QED) is 0.811. The van der Waals surface area contributed by atoms with Crippen molar-refractivity contribution in [3.8, 4) is 6.07 Å². The fourth-order valence-corrected chi connectivity index (χ4v) is 2.43. The summed E-state index contributed by atoms with van der Waals surface area (Å²) in [6, 6.07) is 12.8. The minimum Gasteiger partial charge on any atom is -0.372 e. The van der Waals surface area contributed by atoms with Crippen molar-refractivity contribution in [2.45, 2.75) is 19.1 Å². The lowest BCUT2D eigenvalue weighted by molar-refractivity contribution is 0.0978. The number of fused-ring (bicyclic) bond motifs is 1. The van der Waals surface area contributed by atoms with E-state index >= 15 is 0 Å². The average Bonchev–Trinajstić information content (AvgIpc) is 2.97. The summed E-state index contributed by atoms with van der Waals surface area (Å²) in [4.78, 5) is 12.5. The fourth-order valence-electron chi connectivity index (χ4n) is 2.43. The van der Waals surface area contributed by atoms with Gasteiger partial charge in [-0.25, -0.2) is 4.39 Å². The van der Waals surface area contributed by atoms with Gasteiger partial charge in [0, 0.05) is 5.56 Å². The van der Waals surface area contributed by atoms with Crippen LogP contribution in [0.4, 0.5) is 4.39 Å². The molecule has 0 saturated heterocycles. The Hall–Kier alpha value is -2.51. The van der Waals surface area contributed by atoms with Crippen LogP contribution < -0.4 is 0 Å². The molecule has 2 aromatic rings. The minimum absolute atomic E-state index is 0.279. The zero-order chi connectivity index (χ0) is 14.8. The maximum atomic E-state index is 12.9. The van der Waals surface area contributed by atoms with Crippen molar-refractivity contribution >= 4 is 5.78 Å². The third kappa shape index (κ3) is 2.56. The Morgan fingerprint density at radius 3 is 2.57 bits per heavy atom. The highest BCUT2D eigenvalue weighted by molar-refractivity contribution is 6.03. The number of Topliss-reactive ketones (excluding diaryl/α,β-unsaturated/α-hetero) is 1. The standard InChI is InChI=1S/C17H12FNO2/c18-15-5-3-11(4-6-15)16(8-19)17(20)12-1-2-13-9-21-10-14(13)7-12/h1-7,16H,9-10H2. The molecule has 0 radical (unpaired) electrons. The van der Waals surface area contributed by atoms with Gasteiger partial charge in [-0.1, -0.05) is 24.3 Å². The van der Waals surface area contributed by atoms with Gasteiger partial charge in [-0.15, -0.1) is 0 Å². The SMILES string of the molecule is N#CC(C(=O)c1ccc2c(c1)COC2)c1ccc(F)cc1. The second-order valence-electron chi connectivity index (χ2n) is 4.95. The summed E-state index contributed by atoms with van der Waals surface area (Å²) in [6.07, 6.45) is 0. The van der Waals surface area contributed by atoms with Crippen molar-refractivity contribution in [1.82, 2.24) is 0 Å². The maximum absolute atomic E-state index is 12.9. The van der Waals surface area contributed by atoms with Gasteiger partial charge in [0.15, 0.2) is 5.78 Å². The summed E-state index contributed by atoms with van der Waals surface area (Å²) < 4.78 is 18.3. The first-order valence-corrected chi connectivity index (χ1v) is 6.58. The van der Waals surface area contributed by atoms with Crippen LogP contribution in [0.15, 0.2) is 42.5 Å². The first-order valence-electron chi connectivity index (χ1n) is 6.58. The Labute approximate surface area is 121 Å². The molecule has 0 bridgehead atoms. The number of nitrogens with zero attached hydrogens (tertiary/aromatic N) is 1. The van der Waals surface area contributed by atoms with Crippen molar-refractivity contribution in [3.63, 3.8) is 0 Å². The number of ether oxygens (including phenoxy) is 1. The predicted molar refractivity (Wildman–Crippen MR) is 74.0 cm³/mol. The van der Waals surface area contributed by atoms with Crippen molar-refractivity contribution in [1.29, 1.82) is 5.26 Å². The van der Waals surface area contributed by atoms with E-state index in [0.717, 1.165) is 11.1 Å². The second kappa shape index (κ2) is 5.47. The summed E-state index contributed by atoms with van der Waals surface area (Å²) >= 11 is 0. The van der Waals surface area contributed by atoms with Gasteiger partial charge in [-0.05, 0) is 34.9 Å². The maximum Gasteiger partial charge on any atom is 0.184 e. The average molecular weight is 281 g/mol. The van der Waals surface area contributed by atoms with E-state index in [-0.39, 0.29) is 5.78 Å². The van der Waals surface area contributed by atoms with E-state index in [9.17, 15) is 14.4 Å². The number of hydrogen-bond acceptors (Lipinski definition) is 3. The van der Waals surface area contributed by atoms with E-state index in [4.69, 9.17) is 4.74 Å². The Balaban J connectivity index is 1.92. The van der Waals surface area contributed by atoms with Crippen molar-refractivity contribution < 1.29 is 13.9 Å². The molecule has 2 aromatic carbocycles. The van der Waals surface area contributed by atoms with Crippen molar-refractivity contribution in [3.05, 3.63) is 70.5 Å². The number of benzene rings is 2. The molecule has 0 amide bonds. The third-order valence-electron chi connectivity index (χ3n) is 3.60. The Morgan fingerprint density at radius 2 is 1.86 bits per heavy atom. The highest BCUT2D eigenvalue weighted by atomic mass is 19.1. The molecule has 1 atom stereocenters. The molecule has 3 rings (SSSR count). The number of nitriles is 1. The molecule has 1 unspecified atom stereocenters. The molecule has 1 heterocycles. The largest absolute Gasteiger partial charge is 0.372 e. The van der Waals surface area contributed by atoms with Crippen LogP contribution in [-0.4, -0.2) is 5.78 Å². The molecule has 0 aliphatic carbocycles. The van der Waals surface area contributed by atoms with Crippen LogP contribution in [0, 0.1) is 17.1 Å². The lowest BCUT2D eigenvalue weighted by Gasteiger charge is -2.09.